The van der Waals surface area contributed by atoms with Gasteiger partial charge in [0.05, 0.1) is 6.10 Å². The monoisotopic (exact) mass is 286 g/mol. The van der Waals surface area contributed by atoms with Crippen molar-refractivity contribution in [2.75, 3.05) is 27.2 Å². The number of amides is 1. The molecule has 0 radical (unpaired) electrons. The molecule has 1 aliphatic carbocycles. The van der Waals surface area contributed by atoms with Gasteiger partial charge in [-0.3, -0.25) is 4.90 Å². The summed E-state index contributed by atoms with van der Waals surface area (Å²) in [5, 5.41) is 10.0. The minimum absolute atomic E-state index is 0.218. The molecule has 0 aromatic carbocycles. The minimum Gasteiger partial charge on any atom is -0.444 e. The van der Waals surface area contributed by atoms with Gasteiger partial charge in [0.2, 0.25) is 0 Å². The van der Waals surface area contributed by atoms with Crippen LogP contribution in [0.2, 0.25) is 0 Å². The van der Waals surface area contributed by atoms with E-state index in [0.717, 1.165) is 25.8 Å². The minimum atomic E-state index is -0.461. The summed E-state index contributed by atoms with van der Waals surface area (Å²) in [7, 11) is 3.77. The summed E-state index contributed by atoms with van der Waals surface area (Å²) in [6.45, 7) is 6.95. The summed E-state index contributed by atoms with van der Waals surface area (Å²) in [4.78, 5) is 15.6. The van der Waals surface area contributed by atoms with Crippen molar-refractivity contribution >= 4 is 6.09 Å². The Labute approximate surface area is 122 Å². The molecule has 2 atom stereocenters. The fourth-order valence-electron chi connectivity index (χ4n) is 2.51. The molecule has 1 aliphatic rings. The van der Waals surface area contributed by atoms with Crippen molar-refractivity contribution < 1.29 is 14.6 Å². The topological polar surface area (TPSA) is 53.0 Å². The summed E-state index contributed by atoms with van der Waals surface area (Å²) in [6, 6.07) is 0.218. The van der Waals surface area contributed by atoms with Crippen molar-refractivity contribution in [3.8, 4) is 0 Å². The Morgan fingerprint density at radius 2 is 1.80 bits per heavy atom. The fraction of sp³-hybridized carbons (Fsp3) is 0.933. The van der Waals surface area contributed by atoms with Gasteiger partial charge in [-0.25, -0.2) is 4.79 Å². The first-order valence-electron chi connectivity index (χ1n) is 7.53. The first-order valence-corrected chi connectivity index (χ1v) is 7.53. The summed E-state index contributed by atoms with van der Waals surface area (Å²) in [5.74, 6) is 0. The molecule has 0 spiro atoms. The highest BCUT2D eigenvalue weighted by atomic mass is 16.6. The van der Waals surface area contributed by atoms with Crippen LogP contribution in [0.25, 0.3) is 0 Å². The van der Waals surface area contributed by atoms with Gasteiger partial charge in [0, 0.05) is 26.2 Å². The number of hydrogen-bond acceptors (Lipinski definition) is 4. The third kappa shape index (κ3) is 5.67. The third-order valence-corrected chi connectivity index (χ3v) is 3.75. The molecule has 0 bridgehead atoms. The van der Waals surface area contributed by atoms with Crippen molar-refractivity contribution in [3.63, 3.8) is 0 Å². The summed E-state index contributed by atoms with van der Waals surface area (Å²) < 4.78 is 5.32. The molecule has 0 aliphatic heterocycles. The van der Waals surface area contributed by atoms with E-state index in [9.17, 15) is 9.90 Å². The lowest BCUT2D eigenvalue weighted by molar-refractivity contribution is 0.0172. The average molecular weight is 286 g/mol. The van der Waals surface area contributed by atoms with Crippen molar-refractivity contribution in [2.24, 2.45) is 0 Å². The van der Waals surface area contributed by atoms with Gasteiger partial charge in [0.25, 0.3) is 0 Å². The van der Waals surface area contributed by atoms with Gasteiger partial charge in [-0.05, 0) is 40.7 Å². The number of hydrogen-bond donors (Lipinski definition) is 1. The largest absolute Gasteiger partial charge is 0.444 e. The molecule has 1 amide bonds. The fourth-order valence-corrected chi connectivity index (χ4v) is 2.51. The second-order valence-corrected chi connectivity index (χ2v) is 6.80. The number of aliphatic hydroxyl groups excluding tert-OH is 1. The van der Waals surface area contributed by atoms with Crippen molar-refractivity contribution in [2.45, 2.75) is 64.2 Å². The molecule has 1 N–H and O–H groups in total. The number of nitrogens with zero attached hydrogens (tertiary/aromatic N) is 2. The number of carbonyl (C=O) groups excluding carboxylic acids is 1. The Morgan fingerprint density at radius 1 is 1.20 bits per heavy atom. The number of carbonyl (C=O) groups is 1. The summed E-state index contributed by atoms with van der Waals surface area (Å²) >= 11 is 0. The highest BCUT2D eigenvalue weighted by Gasteiger charge is 2.27. The van der Waals surface area contributed by atoms with Crippen LogP contribution in [0.1, 0.15) is 46.5 Å². The lowest BCUT2D eigenvalue weighted by Crippen LogP contribution is -2.46. The second-order valence-electron chi connectivity index (χ2n) is 6.80. The number of aliphatic hydroxyl groups is 1. The Kier molecular flexibility index (Phi) is 6.27. The molecule has 0 aromatic rings. The maximum Gasteiger partial charge on any atom is 0.410 e. The first-order chi connectivity index (χ1) is 9.20. The standard InChI is InChI=1S/C15H30N2O3/c1-15(2,3)20-14(19)17(5)11-10-16(4)12-8-6-7-9-13(12)18/h12-13,18H,6-11H2,1-5H3. The molecule has 5 heteroatoms. The van der Waals surface area contributed by atoms with Crippen LogP contribution in [0.4, 0.5) is 4.79 Å². The molecule has 1 rings (SSSR count). The van der Waals surface area contributed by atoms with E-state index in [1.165, 1.54) is 6.42 Å². The zero-order valence-corrected chi connectivity index (χ0v) is 13.6. The summed E-state index contributed by atoms with van der Waals surface area (Å²) in [6.07, 6.45) is 3.68. The van der Waals surface area contributed by atoms with Crippen molar-refractivity contribution in [1.82, 2.24) is 9.80 Å². The van der Waals surface area contributed by atoms with Gasteiger partial charge >= 0.3 is 6.09 Å². The number of likely N-dealkylation sites (N-methyl/N-ethyl adjacent to an activating group) is 2. The van der Waals surface area contributed by atoms with E-state index in [1.807, 2.05) is 27.8 Å². The molecule has 5 nitrogen and oxygen atoms in total. The van der Waals surface area contributed by atoms with Gasteiger partial charge < -0.3 is 14.7 Å². The van der Waals surface area contributed by atoms with Crippen LogP contribution >= 0.6 is 0 Å². The number of rotatable bonds is 4. The zero-order valence-electron chi connectivity index (χ0n) is 13.6. The predicted molar refractivity (Wildman–Crippen MR) is 79.8 cm³/mol. The first kappa shape index (κ1) is 17.2. The van der Waals surface area contributed by atoms with Gasteiger partial charge in [0.15, 0.2) is 0 Å². The van der Waals surface area contributed by atoms with Crippen LogP contribution in [0.3, 0.4) is 0 Å². The number of ether oxygens (including phenoxy) is 1. The van der Waals surface area contributed by atoms with E-state index in [-0.39, 0.29) is 18.2 Å². The molecule has 0 aromatic heterocycles. The SMILES string of the molecule is CN(CCN(C)C1CCCCC1O)C(=O)OC(C)(C)C. The molecule has 2 unspecified atom stereocenters. The van der Waals surface area contributed by atoms with Crippen molar-refractivity contribution in [3.05, 3.63) is 0 Å². The normalized spacial score (nSPS) is 23.8. The molecule has 1 saturated carbocycles. The third-order valence-electron chi connectivity index (χ3n) is 3.75. The highest BCUT2D eigenvalue weighted by molar-refractivity contribution is 5.67. The van der Waals surface area contributed by atoms with E-state index in [4.69, 9.17) is 4.74 Å². The van der Waals surface area contributed by atoms with Crippen LogP contribution in [0.15, 0.2) is 0 Å². The lowest BCUT2D eigenvalue weighted by Gasteiger charge is -2.36. The Balaban J connectivity index is 2.36. The smallest absolute Gasteiger partial charge is 0.410 e. The van der Waals surface area contributed by atoms with E-state index < -0.39 is 5.60 Å². The predicted octanol–water partition coefficient (Wildman–Crippen LogP) is 2.09. The molecular weight excluding hydrogens is 256 g/mol. The molecule has 0 saturated heterocycles. The van der Waals surface area contributed by atoms with Gasteiger partial charge in [-0.15, -0.1) is 0 Å². The molecule has 1 fully saturated rings. The van der Waals surface area contributed by atoms with Crippen LogP contribution in [0, 0.1) is 0 Å². The Bertz CT molecular complexity index is 315. The van der Waals surface area contributed by atoms with E-state index in [1.54, 1.807) is 11.9 Å². The molecular formula is C15H30N2O3. The van der Waals surface area contributed by atoms with Crippen molar-refractivity contribution in [1.29, 1.82) is 0 Å². The molecule has 20 heavy (non-hydrogen) atoms. The van der Waals surface area contributed by atoms with Crippen LogP contribution in [-0.4, -0.2) is 65.9 Å². The molecule has 118 valence electrons. The van der Waals surface area contributed by atoms with E-state index in [0.29, 0.717) is 6.54 Å². The lowest BCUT2D eigenvalue weighted by atomic mass is 9.91. The van der Waals surface area contributed by atoms with Gasteiger partial charge in [-0.1, -0.05) is 12.8 Å². The van der Waals surface area contributed by atoms with Gasteiger partial charge in [0.1, 0.15) is 5.60 Å². The van der Waals surface area contributed by atoms with E-state index in [2.05, 4.69) is 4.90 Å². The zero-order chi connectivity index (χ0) is 15.3. The maximum absolute atomic E-state index is 11.8. The van der Waals surface area contributed by atoms with Crippen LogP contribution in [-0.2, 0) is 4.74 Å². The maximum atomic E-state index is 11.8. The van der Waals surface area contributed by atoms with Gasteiger partial charge in [-0.2, -0.15) is 0 Å². The summed E-state index contributed by atoms with van der Waals surface area (Å²) in [5.41, 5.74) is -0.461. The quantitative estimate of drug-likeness (QED) is 0.860. The van der Waals surface area contributed by atoms with E-state index >= 15 is 0 Å². The van der Waals surface area contributed by atoms with Crippen LogP contribution < -0.4 is 0 Å². The Hall–Kier alpha value is -0.810. The molecule has 0 heterocycles. The average Bonchev–Trinajstić information content (AvgIpc) is 2.34. The highest BCUT2D eigenvalue weighted by Crippen LogP contribution is 2.22. The second kappa shape index (κ2) is 7.27. The Morgan fingerprint density at radius 3 is 2.35 bits per heavy atom. The van der Waals surface area contributed by atoms with Crippen LogP contribution in [0.5, 0.6) is 0 Å².